The predicted octanol–water partition coefficient (Wildman–Crippen LogP) is 3.73. The molecule has 6 heteroatoms. The molecule has 4 aromatic rings. The lowest BCUT2D eigenvalue weighted by Crippen LogP contribution is -1.90. The molecule has 0 aliphatic rings. The predicted molar refractivity (Wildman–Crippen MR) is 92.0 cm³/mol. The van der Waals surface area contributed by atoms with Gasteiger partial charge in [-0.25, -0.2) is 0 Å². The van der Waals surface area contributed by atoms with Crippen LogP contribution >= 0.6 is 11.3 Å². The van der Waals surface area contributed by atoms with E-state index in [-0.39, 0.29) is 0 Å². The Hall–Kier alpha value is -2.86. The van der Waals surface area contributed by atoms with E-state index in [1.165, 1.54) is 16.9 Å². The largest absolute Gasteiger partial charge is 0.265 e. The minimum absolute atomic E-state index is 0.730. The lowest BCUT2D eigenvalue weighted by Gasteiger charge is -1.95. The van der Waals surface area contributed by atoms with Crippen molar-refractivity contribution in [1.82, 2.24) is 24.8 Å². The molecule has 0 fully saturated rings. The van der Waals surface area contributed by atoms with E-state index in [9.17, 15) is 0 Å². The number of aromatic nitrogens is 5. The molecule has 3 heterocycles. The first-order valence-electron chi connectivity index (χ1n) is 7.17. The van der Waals surface area contributed by atoms with Gasteiger partial charge in [-0.3, -0.25) is 4.98 Å². The summed E-state index contributed by atoms with van der Waals surface area (Å²) in [6, 6.07) is 12.2. The lowest BCUT2D eigenvalue weighted by atomic mass is 10.1. The van der Waals surface area contributed by atoms with Crippen LogP contribution in [0.2, 0.25) is 0 Å². The van der Waals surface area contributed by atoms with E-state index in [4.69, 9.17) is 0 Å². The third-order valence-electron chi connectivity index (χ3n) is 3.41. The first-order valence-corrected chi connectivity index (χ1v) is 7.99. The lowest BCUT2D eigenvalue weighted by molar-refractivity contribution is 0.959. The van der Waals surface area contributed by atoms with Crippen LogP contribution in [0.25, 0.3) is 28.5 Å². The van der Waals surface area contributed by atoms with Crippen LogP contribution in [0.3, 0.4) is 0 Å². The zero-order chi connectivity index (χ0) is 15.6. The third-order valence-corrected chi connectivity index (χ3v) is 4.27. The van der Waals surface area contributed by atoms with Gasteiger partial charge in [-0.2, -0.15) is 9.61 Å². The summed E-state index contributed by atoms with van der Waals surface area (Å²) in [5, 5.41) is 13.9. The van der Waals surface area contributed by atoms with E-state index >= 15 is 0 Å². The van der Waals surface area contributed by atoms with Gasteiger partial charge in [0.2, 0.25) is 4.96 Å². The maximum Gasteiger partial charge on any atom is 0.235 e. The van der Waals surface area contributed by atoms with Crippen molar-refractivity contribution in [3.05, 3.63) is 64.9 Å². The fourth-order valence-corrected chi connectivity index (χ4v) is 3.06. The minimum atomic E-state index is 0.730. The average Bonchev–Trinajstić information content (AvgIpc) is 3.14. The molecule has 23 heavy (non-hydrogen) atoms. The van der Waals surface area contributed by atoms with Crippen LogP contribution in [0.1, 0.15) is 16.1 Å². The Morgan fingerprint density at radius 2 is 1.91 bits per heavy atom. The summed E-state index contributed by atoms with van der Waals surface area (Å²) in [5.74, 6) is 0.730. The maximum atomic E-state index is 4.59. The number of rotatable bonds is 3. The Labute approximate surface area is 137 Å². The molecule has 0 amide bonds. The van der Waals surface area contributed by atoms with Crippen LogP contribution in [-0.4, -0.2) is 24.8 Å². The van der Waals surface area contributed by atoms with E-state index in [0.717, 1.165) is 26.9 Å². The molecule has 0 saturated heterocycles. The molecule has 0 bridgehead atoms. The molecule has 0 N–H and O–H groups in total. The zero-order valence-corrected chi connectivity index (χ0v) is 13.2. The highest BCUT2D eigenvalue weighted by Crippen LogP contribution is 2.22. The van der Waals surface area contributed by atoms with Gasteiger partial charge in [-0.15, -0.1) is 10.2 Å². The van der Waals surface area contributed by atoms with Crippen LogP contribution in [0.15, 0.2) is 48.8 Å². The van der Waals surface area contributed by atoms with Gasteiger partial charge in [-0.05, 0) is 30.7 Å². The number of fused-ring (bicyclic) bond motifs is 1. The van der Waals surface area contributed by atoms with Crippen LogP contribution < -0.4 is 0 Å². The number of aryl methyl sites for hydroxylation is 1. The topological polar surface area (TPSA) is 56.0 Å². The molecule has 1 aromatic carbocycles. The van der Waals surface area contributed by atoms with Gasteiger partial charge in [0.05, 0.1) is 0 Å². The van der Waals surface area contributed by atoms with Gasteiger partial charge >= 0.3 is 0 Å². The molecular formula is C17H13N5S. The average molecular weight is 319 g/mol. The van der Waals surface area contributed by atoms with Crippen molar-refractivity contribution in [1.29, 1.82) is 0 Å². The highest BCUT2D eigenvalue weighted by Gasteiger charge is 2.11. The van der Waals surface area contributed by atoms with E-state index < -0.39 is 0 Å². The van der Waals surface area contributed by atoms with Gasteiger partial charge in [-0.1, -0.05) is 47.2 Å². The first-order chi connectivity index (χ1) is 11.3. The highest BCUT2D eigenvalue weighted by atomic mass is 32.1. The van der Waals surface area contributed by atoms with Crippen molar-refractivity contribution in [2.75, 3.05) is 0 Å². The minimum Gasteiger partial charge on any atom is -0.265 e. The molecule has 4 rings (SSSR count). The Kier molecular flexibility index (Phi) is 3.44. The molecule has 0 radical (unpaired) electrons. The second kappa shape index (κ2) is 5.73. The summed E-state index contributed by atoms with van der Waals surface area (Å²) in [4.78, 5) is 4.80. The number of hydrogen-bond acceptors (Lipinski definition) is 5. The fraction of sp³-hybridized carbons (Fsp3) is 0.0588. The quantitative estimate of drug-likeness (QED) is 0.577. The molecule has 0 spiro atoms. The second-order valence-corrected chi connectivity index (χ2v) is 6.13. The smallest absolute Gasteiger partial charge is 0.235 e. The van der Waals surface area contributed by atoms with Crippen LogP contribution in [0.4, 0.5) is 0 Å². The van der Waals surface area contributed by atoms with Crippen molar-refractivity contribution < 1.29 is 0 Å². The Bertz CT molecular complexity index is 985. The molecule has 0 unspecified atom stereocenters. The SMILES string of the molecule is Cc1cccc(/C=C/c2nn3c(-c4ccncc4)nnc3s2)c1. The Morgan fingerprint density at radius 3 is 2.74 bits per heavy atom. The third kappa shape index (κ3) is 2.76. The van der Waals surface area contributed by atoms with Crippen LogP contribution in [0, 0.1) is 6.92 Å². The summed E-state index contributed by atoms with van der Waals surface area (Å²) in [7, 11) is 0. The van der Waals surface area contributed by atoms with E-state index in [1.54, 1.807) is 16.9 Å². The molecule has 0 aliphatic heterocycles. The molecule has 0 atom stereocenters. The zero-order valence-electron chi connectivity index (χ0n) is 12.4. The van der Waals surface area contributed by atoms with Crippen LogP contribution in [-0.2, 0) is 0 Å². The molecule has 5 nitrogen and oxygen atoms in total. The number of pyridine rings is 1. The van der Waals surface area contributed by atoms with Crippen molar-refractivity contribution in [3.63, 3.8) is 0 Å². The number of nitrogens with zero attached hydrogens (tertiary/aromatic N) is 5. The molecule has 3 aromatic heterocycles. The summed E-state index contributed by atoms with van der Waals surface area (Å²) >= 11 is 1.51. The standard InChI is InChI=1S/C17H13N5S/c1-12-3-2-4-13(11-12)5-6-15-21-22-16(19-20-17(22)23-15)14-7-9-18-10-8-14/h2-11H,1H3/b6-5+. The number of hydrogen-bond donors (Lipinski definition) is 0. The van der Waals surface area contributed by atoms with Crippen molar-refractivity contribution >= 4 is 28.4 Å². The highest BCUT2D eigenvalue weighted by molar-refractivity contribution is 7.17. The Balaban J connectivity index is 1.69. The van der Waals surface area contributed by atoms with Gasteiger partial charge in [0.15, 0.2) is 5.82 Å². The maximum absolute atomic E-state index is 4.59. The van der Waals surface area contributed by atoms with Gasteiger partial charge in [0.1, 0.15) is 5.01 Å². The number of benzene rings is 1. The second-order valence-electron chi connectivity index (χ2n) is 5.14. The van der Waals surface area contributed by atoms with Crippen LogP contribution in [0.5, 0.6) is 0 Å². The monoisotopic (exact) mass is 319 g/mol. The van der Waals surface area contributed by atoms with E-state index in [1.807, 2.05) is 18.2 Å². The molecule has 112 valence electrons. The van der Waals surface area contributed by atoms with Crippen molar-refractivity contribution in [3.8, 4) is 11.4 Å². The van der Waals surface area contributed by atoms with E-state index in [2.05, 4.69) is 57.5 Å². The van der Waals surface area contributed by atoms with E-state index in [0.29, 0.717) is 0 Å². The van der Waals surface area contributed by atoms with Gasteiger partial charge in [0.25, 0.3) is 0 Å². The van der Waals surface area contributed by atoms with Gasteiger partial charge in [0, 0.05) is 18.0 Å². The summed E-state index contributed by atoms with van der Waals surface area (Å²) in [6.45, 7) is 2.08. The summed E-state index contributed by atoms with van der Waals surface area (Å²) in [5.41, 5.74) is 3.35. The summed E-state index contributed by atoms with van der Waals surface area (Å²) in [6.07, 6.45) is 7.54. The first kappa shape index (κ1) is 13.8. The van der Waals surface area contributed by atoms with Crippen molar-refractivity contribution in [2.45, 2.75) is 6.92 Å². The summed E-state index contributed by atoms with van der Waals surface area (Å²) < 4.78 is 1.77. The van der Waals surface area contributed by atoms with Gasteiger partial charge < -0.3 is 0 Å². The Morgan fingerprint density at radius 1 is 1.04 bits per heavy atom. The normalized spacial score (nSPS) is 11.5. The van der Waals surface area contributed by atoms with Crippen molar-refractivity contribution in [2.24, 2.45) is 0 Å². The molecule has 0 saturated carbocycles. The molecule has 0 aliphatic carbocycles. The molecular weight excluding hydrogens is 306 g/mol. The fourth-order valence-electron chi connectivity index (χ4n) is 2.32.